The first-order chi connectivity index (χ1) is 14.2. The smallest absolute Gasteiger partial charge is 0.261 e. The number of anilines is 1. The number of benzene rings is 2. The lowest BCUT2D eigenvalue weighted by Crippen LogP contribution is -2.37. The number of rotatable bonds is 7. The fraction of sp³-hybridized carbons (Fsp3) is 0.364. The first-order valence-corrected chi connectivity index (χ1v) is 12.8. The van der Waals surface area contributed by atoms with E-state index >= 15 is 0 Å². The van der Waals surface area contributed by atoms with Crippen LogP contribution < -0.4 is 4.90 Å². The predicted octanol–water partition coefficient (Wildman–Crippen LogP) is 5.96. The summed E-state index contributed by atoms with van der Waals surface area (Å²) in [5.41, 5.74) is 1.71. The van der Waals surface area contributed by atoms with Crippen LogP contribution in [0.15, 0.2) is 52.3 Å². The molecule has 4 nitrogen and oxygen atoms in total. The van der Waals surface area contributed by atoms with E-state index < -0.39 is 0 Å². The molecule has 0 radical (unpaired) electrons. The molecular weight excluding hydrogens is 420 g/mol. The first kappa shape index (κ1) is 20.7. The molecule has 1 fully saturated rings. The minimum absolute atomic E-state index is 0.00167. The van der Waals surface area contributed by atoms with E-state index in [1.165, 1.54) is 0 Å². The van der Waals surface area contributed by atoms with E-state index in [0.29, 0.717) is 6.54 Å². The van der Waals surface area contributed by atoms with Gasteiger partial charge in [-0.15, -0.1) is 23.5 Å². The van der Waals surface area contributed by atoms with Crippen molar-refractivity contribution in [2.24, 2.45) is 0 Å². The molecular formula is C22H24N2O2S3. The number of hydrogen-bond acceptors (Lipinski definition) is 6. The largest absolute Gasteiger partial charge is 0.376 e. The van der Waals surface area contributed by atoms with E-state index in [0.717, 1.165) is 55.9 Å². The maximum absolute atomic E-state index is 13.7. The third-order valence-corrected chi connectivity index (χ3v) is 7.66. The second-order valence-electron chi connectivity index (χ2n) is 6.78. The average Bonchev–Trinajstić information content (AvgIpc) is 3.41. The Labute approximate surface area is 184 Å². The van der Waals surface area contributed by atoms with Gasteiger partial charge in [-0.2, -0.15) is 0 Å². The van der Waals surface area contributed by atoms with Gasteiger partial charge in [0.05, 0.1) is 28.4 Å². The summed E-state index contributed by atoms with van der Waals surface area (Å²) in [6.45, 7) is 3.41. The Morgan fingerprint density at radius 1 is 1.24 bits per heavy atom. The van der Waals surface area contributed by atoms with Crippen LogP contribution in [0.4, 0.5) is 5.13 Å². The maximum Gasteiger partial charge on any atom is 0.261 e. The monoisotopic (exact) mass is 444 g/mol. The normalized spacial score (nSPS) is 16.4. The van der Waals surface area contributed by atoms with Gasteiger partial charge in [-0.05, 0) is 49.1 Å². The summed E-state index contributed by atoms with van der Waals surface area (Å²) in [6, 6.07) is 14.1. The molecule has 152 valence electrons. The van der Waals surface area contributed by atoms with E-state index in [1.807, 2.05) is 29.2 Å². The molecule has 1 aromatic heterocycles. The van der Waals surface area contributed by atoms with Crippen LogP contribution in [0.25, 0.3) is 10.2 Å². The number of ether oxygens (including phenoxy) is 1. The minimum atomic E-state index is 0.00167. The molecule has 1 amide bonds. The SMILES string of the molecule is CCSc1ccccc1C(=O)N(CC1CCCO1)c1nc2c(SC)cccc2s1. The van der Waals surface area contributed by atoms with E-state index in [2.05, 4.69) is 31.4 Å². The number of aromatic nitrogens is 1. The summed E-state index contributed by atoms with van der Waals surface area (Å²) in [4.78, 5) is 22.6. The first-order valence-electron chi connectivity index (χ1n) is 9.80. The molecule has 1 aliphatic rings. The lowest BCUT2D eigenvalue weighted by molar-refractivity contribution is 0.0915. The van der Waals surface area contributed by atoms with Gasteiger partial charge in [0.25, 0.3) is 5.91 Å². The Morgan fingerprint density at radius 2 is 2.07 bits per heavy atom. The zero-order chi connectivity index (χ0) is 20.2. The molecule has 3 aromatic rings. The average molecular weight is 445 g/mol. The molecule has 0 bridgehead atoms. The number of fused-ring (bicyclic) bond motifs is 1. The Bertz CT molecular complexity index is 999. The van der Waals surface area contributed by atoms with Crippen LogP contribution in [0.2, 0.25) is 0 Å². The van der Waals surface area contributed by atoms with Crippen molar-refractivity contribution in [3.8, 4) is 0 Å². The van der Waals surface area contributed by atoms with Gasteiger partial charge in [0.15, 0.2) is 5.13 Å². The van der Waals surface area contributed by atoms with Crippen LogP contribution in [-0.2, 0) is 4.74 Å². The number of para-hydroxylation sites is 1. The molecule has 4 rings (SSSR count). The van der Waals surface area contributed by atoms with Gasteiger partial charge in [0.2, 0.25) is 0 Å². The molecule has 0 aliphatic carbocycles. The predicted molar refractivity (Wildman–Crippen MR) is 125 cm³/mol. The summed E-state index contributed by atoms with van der Waals surface area (Å²) in [6.07, 6.45) is 4.15. The molecule has 29 heavy (non-hydrogen) atoms. The molecule has 0 saturated carbocycles. The Kier molecular flexibility index (Phi) is 6.80. The molecule has 1 unspecified atom stereocenters. The molecule has 1 aliphatic heterocycles. The number of carbonyl (C=O) groups is 1. The van der Waals surface area contributed by atoms with Crippen LogP contribution in [0.1, 0.15) is 30.1 Å². The summed E-state index contributed by atoms with van der Waals surface area (Å²) < 4.78 is 6.97. The van der Waals surface area contributed by atoms with Gasteiger partial charge >= 0.3 is 0 Å². The summed E-state index contributed by atoms with van der Waals surface area (Å²) in [7, 11) is 0. The standard InChI is InChI=1S/C22H24N2O2S3/c1-3-28-17-10-5-4-9-16(17)21(25)24(14-15-8-7-13-26-15)22-23-20-18(27-2)11-6-12-19(20)29-22/h4-6,9-12,15H,3,7-8,13-14H2,1-2H3. The Hall–Kier alpha value is -1.54. The van der Waals surface area contributed by atoms with E-state index in [9.17, 15) is 4.79 Å². The van der Waals surface area contributed by atoms with Crippen LogP contribution in [0.5, 0.6) is 0 Å². The van der Waals surface area contributed by atoms with Crippen LogP contribution in [0.3, 0.4) is 0 Å². The second-order valence-corrected chi connectivity index (χ2v) is 9.95. The van der Waals surface area contributed by atoms with Crippen molar-refractivity contribution in [3.63, 3.8) is 0 Å². The highest BCUT2D eigenvalue weighted by atomic mass is 32.2. The third-order valence-electron chi connectivity index (χ3n) is 4.89. The Morgan fingerprint density at radius 3 is 2.83 bits per heavy atom. The van der Waals surface area contributed by atoms with E-state index in [-0.39, 0.29) is 12.0 Å². The second kappa shape index (κ2) is 9.51. The lowest BCUT2D eigenvalue weighted by Gasteiger charge is -2.24. The molecule has 2 heterocycles. The van der Waals surface area contributed by atoms with Crippen molar-refractivity contribution < 1.29 is 9.53 Å². The van der Waals surface area contributed by atoms with Crippen molar-refractivity contribution in [1.82, 2.24) is 4.98 Å². The van der Waals surface area contributed by atoms with Crippen molar-refractivity contribution in [2.45, 2.75) is 35.7 Å². The zero-order valence-corrected chi connectivity index (χ0v) is 19.0. The number of nitrogens with zero attached hydrogens (tertiary/aromatic N) is 2. The number of thiazole rings is 1. The van der Waals surface area contributed by atoms with Crippen molar-refractivity contribution in [3.05, 3.63) is 48.0 Å². The zero-order valence-electron chi connectivity index (χ0n) is 16.6. The highest BCUT2D eigenvalue weighted by Gasteiger charge is 2.28. The van der Waals surface area contributed by atoms with Gasteiger partial charge in [0, 0.05) is 16.4 Å². The van der Waals surface area contributed by atoms with Crippen molar-refractivity contribution in [2.75, 3.05) is 30.1 Å². The number of hydrogen-bond donors (Lipinski definition) is 0. The van der Waals surface area contributed by atoms with Gasteiger partial charge in [-0.25, -0.2) is 4.98 Å². The highest BCUT2D eigenvalue weighted by Crippen LogP contribution is 2.36. The molecule has 7 heteroatoms. The number of thioether (sulfide) groups is 2. The van der Waals surface area contributed by atoms with Gasteiger partial charge in [0.1, 0.15) is 0 Å². The van der Waals surface area contributed by atoms with Gasteiger partial charge < -0.3 is 4.74 Å². The fourth-order valence-corrected chi connectivity index (χ4v) is 5.93. The highest BCUT2D eigenvalue weighted by molar-refractivity contribution is 7.99. The quantitative estimate of drug-likeness (QED) is 0.421. The number of amides is 1. The molecule has 0 N–H and O–H groups in total. The van der Waals surface area contributed by atoms with Crippen molar-refractivity contribution >= 4 is 56.1 Å². The lowest BCUT2D eigenvalue weighted by atomic mass is 10.1. The molecule has 1 saturated heterocycles. The van der Waals surface area contributed by atoms with Gasteiger partial charge in [-0.1, -0.05) is 36.5 Å². The fourth-order valence-electron chi connectivity index (χ4n) is 3.50. The van der Waals surface area contributed by atoms with E-state index in [4.69, 9.17) is 9.72 Å². The maximum atomic E-state index is 13.7. The van der Waals surface area contributed by atoms with Crippen LogP contribution in [0, 0.1) is 0 Å². The number of carbonyl (C=O) groups excluding carboxylic acids is 1. The third kappa shape index (κ3) is 4.48. The Balaban J connectivity index is 1.75. The summed E-state index contributed by atoms with van der Waals surface area (Å²) >= 11 is 4.96. The summed E-state index contributed by atoms with van der Waals surface area (Å²) in [5.74, 6) is 0.927. The topological polar surface area (TPSA) is 42.4 Å². The van der Waals surface area contributed by atoms with Gasteiger partial charge in [-0.3, -0.25) is 9.69 Å². The van der Waals surface area contributed by atoms with Crippen LogP contribution in [-0.4, -0.2) is 42.2 Å². The minimum Gasteiger partial charge on any atom is -0.376 e. The molecule has 0 spiro atoms. The van der Waals surface area contributed by atoms with Crippen LogP contribution >= 0.6 is 34.9 Å². The molecule has 2 aromatic carbocycles. The van der Waals surface area contributed by atoms with Crippen molar-refractivity contribution in [1.29, 1.82) is 0 Å². The van der Waals surface area contributed by atoms with E-state index in [1.54, 1.807) is 34.9 Å². The summed E-state index contributed by atoms with van der Waals surface area (Å²) in [5, 5.41) is 0.748. The molecule has 1 atom stereocenters.